The number of sulfonamides is 1. The molecule has 0 bridgehead atoms. The zero-order valence-corrected chi connectivity index (χ0v) is 14.8. The maximum absolute atomic E-state index is 12.7. The van der Waals surface area contributed by atoms with Gasteiger partial charge in [-0.3, -0.25) is 4.79 Å². The number of benzene rings is 1. The third-order valence-electron chi connectivity index (χ3n) is 4.82. The summed E-state index contributed by atoms with van der Waals surface area (Å²) in [5.41, 5.74) is 0.918. The number of amides is 1. The zero-order chi connectivity index (χ0) is 17.2. The fourth-order valence-electron chi connectivity index (χ4n) is 3.70. The summed E-state index contributed by atoms with van der Waals surface area (Å²) in [6.45, 7) is 0.692. The number of para-hydroxylation sites is 1. The van der Waals surface area contributed by atoms with Crippen molar-refractivity contribution in [3.05, 3.63) is 30.3 Å². The summed E-state index contributed by atoms with van der Waals surface area (Å²) in [6, 6.07) is 9.31. The van der Waals surface area contributed by atoms with E-state index >= 15 is 0 Å². The van der Waals surface area contributed by atoms with E-state index in [1.54, 1.807) is 4.90 Å². The number of nitrogens with zero attached hydrogens (tertiary/aromatic N) is 1. The first-order valence-electron chi connectivity index (χ1n) is 8.54. The molecule has 1 saturated carbocycles. The molecule has 3 rings (SSSR count). The smallest absolute Gasteiger partial charge is 0.244 e. The van der Waals surface area contributed by atoms with E-state index in [0.717, 1.165) is 37.8 Å². The van der Waals surface area contributed by atoms with Crippen LogP contribution in [-0.2, 0) is 14.8 Å². The highest BCUT2D eigenvalue weighted by Crippen LogP contribution is 2.24. The van der Waals surface area contributed by atoms with Crippen molar-refractivity contribution in [3.8, 4) is 0 Å². The normalized spacial score (nSPS) is 28.3. The second-order valence-corrected chi connectivity index (χ2v) is 8.50. The number of hydrogen-bond donors (Lipinski definition) is 2. The molecule has 24 heavy (non-hydrogen) atoms. The van der Waals surface area contributed by atoms with Crippen LogP contribution < -0.4 is 14.9 Å². The minimum atomic E-state index is -3.24. The van der Waals surface area contributed by atoms with Crippen molar-refractivity contribution in [1.29, 1.82) is 0 Å². The van der Waals surface area contributed by atoms with E-state index in [1.807, 2.05) is 30.3 Å². The number of carbonyl (C=O) groups is 1. The van der Waals surface area contributed by atoms with Crippen molar-refractivity contribution in [2.24, 2.45) is 0 Å². The molecule has 3 atom stereocenters. The van der Waals surface area contributed by atoms with Crippen molar-refractivity contribution >= 4 is 21.6 Å². The van der Waals surface area contributed by atoms with E-state index in [1.165, 1.54) is 6.26 Å². The molecule has 132 valence electrons. The molecule has 2 N–H and O–H groups in total. The molecule has 1 saturated heterocycles. The molecule has 7 heteroatoms. The van der Waals surface area contributed by atoms with Crippen LogP contribution in [0.4, 0.5) is 5.69 Å². The van der Waals surface area contributed by atoms with Crippen molar-refractivity contribution in [2.75, 3.05) is 17.7 Å². The number of nitrogens with one attached hydrogen (secondary N) is 2. The Bertz CT molecular complexity index is 678. The highest BCUT2D eigenvalue weighted by atomic mass is 32.2. The Kier molecular flexibility index (Phi) is 5.22. The van der Waals surface area contributed by atoms with Crippen LogP contribution in [-0.4, -0.2) is 45.3 Å². The molecule has 2 aliphatic rings. The van der Waals surface area contributed by atoms with Gasteiger partial charge < -0.3 is 10.2 Å². The molecule has 1 heterocycles. The van der Waals surface area contributed by atoms with E-state index in [-0.39, 0.29) is 24.0 Å². The van der Waals surface area contributed by atoms with Crippen molar-refractivity contribution < 1.29 is 13.2 Å². The van der Waals surface area contributed by atoms with E-state index in [9.17, 15) is 13.2 Å². The van der Waals surface area contributed by atoms with Gasteiger partial charge in [-0.15, -0.1) is 0 Å². The molecular formula is C17H25N3O3S. The molecule has 1 aliphatic heterocycles. The van der Waals surface area contributed by atoms with Crippen molar-refractivity contribution in [1.82, 2.24) is 10.0 Å². The number of rotatable bonds is 5. The average molecular weight is 351 g/mol. The van der Waals surface area contributed by atoms with Gasteiger partial charge in [-0.1, -0.05) is 31.0 Å². The average Bonchev–Trinajstić information content (AvgIpc) is 2.90. The third-order valence-corrected chi connectivity index (χ3v) is 5.55. The fourth-order valence-corrected chi connectivity index (χ4v) is 4.54. The number of anilines is 1. The Morgan fingerprint density at radius 2 is 1.71 bits per heavy atom. The van der Waals surface area contributed by atoms with Crippen LogP contribution in [0.5, 0.6) is 0 Å². The Hall–Kier alpha value is -1.44. The first-order valence-corrected chi connectivity index (χ1v) is 10.4. The van der Waals surface area contributed by atoms with E-state index in [4.69, 9.17) is 0 Å². The van der Waals surface area contributed by atoms with Gasteiger partial charge in [-0.2, -0.15) is 0 Å². The third kappa shape index (κ3) is 4.15. The molecular weight excluding hydrogens is 326 g/mol. The summed E-state index contributed by atoms with van der Waals surface area (Å²) in [5.74, 6) is 0.0740. The van der Waals surface area contributed by atoms with Crippen LogP contribution >= 0.6 is 0 Å². The van der Waals surface area contributed by atoms with Crippen LogP contribution in [0, 0.1) is 0 Å². The molecule has 6 nitrogen and oxygen atoms in total. The lowest BCUT2D eigenvalue weighted by Gasteiger charge is -2.34. The van der Waals surface area contributed by atoms with Crippen molar-refractivity contribution in [3.63, 3.8) is 0 Å². The second-order valence-electron chi connectivity index (χ2n) is 6.72. The highest BCUT2D eigenvalue weighted by molar-refractivity contribution is 7.88. The van der Waals surface area contributed by atoms with Gasteiger partial charge in [0.25, 0.3) is 0 Å². The van der Waals surface area contributed by atoms with Crippen molar-refractivity contribution in [2.45, 2.75) is 50.2 Å². The molecule has 0 radical (unpaired) electrons. The van der Waals surface area contributed by atoms with Gasteiger partial charge in [0.2, 0.25) is 15.9 Å². The Morgan fingerprint density at radius 3 is 2.38 bits per heavy atom. The maximum atomic E-state index is 12.7. The minimum Gasteiger partial charge on any atom is -0.311 e. The largest absolute Gasteiger partial charge is 0.311 e. The molecule has 1 aromatic carbocycles. The standard InChI is InChI=1S/C17H25N3O3S/c1-24(22,23)19-15-10-6-5-9-14(15)18-16-11-12-20(17(16)21)13-7-3-2-4-8-13/h2-4,7-8,14-16,18-19H,5-6,9-12H2,1H3/t14-,15+,16+/m0/s1. The Balaban J connectivity index is 1.65. The summed E-state index contributed by atoms with van der Waals surface area (Å²) >= 11 is 0. The quantitative estimate of drug-likeness (QED) is 0.837. The van der Waals surface area contributed by atoms with Crippen LogP contribution in [0.1, 0.15) is 32.1 Å². The molecule has 0 spiro atoms. The summed E-state index contributed by atoms with van der Waals surface area (Å²) in [4.78, 5) is 14.5. The molecule has 2 fully saturated rings. The minimum absolute atomic E-state index is 0.0122. The van der Waals surface area contributed by atoms with Crippen LogP contribution in [0.25, 0.3) is 0 Å². The second kappa shape index (κ2) is 7.21. The van der Waals surface area contributed by atoms with E-state index < -0.39 is 10.0 Å². The van der Waals surface area contributed by atoms with E-state index in [2.05, 4.69) is 10.0 Å². The monoisotopic (exact) mass is 351 g/mol. The van der Waals surface area contributed by atoms with Gasteiger partial charge in [-0.25, -0.2) is 13.1 Å². The first-order chi connectivity index (χ1) is 11.4. The van der Waals surface area contributed by atoms with E-state index in [0.29, 0.717) is 6.54 Å². The van der Waals surface area contributed by atoms with Crippen LogP contribution in [0.2, 0.25) is 0 Å². The van der Waals surface area contributed by atoms with Crippen LogP contribution in [0.15, 0.2) is 30.3 Å². The Morgan fingerprint density at radius 1 is 1.04 bits per heavy atom. The lowest BCUT2D eigenvalue weighted by atomic mass is 9.90. The van der Waals surface area contributed by atoms with Crippen LogP contribution in [0.3, 0.4) is 0 Å². The molecule has 1 aromatic rings. The van der Waals surface area contributed by atoms with Gasteiger partial charge in [0.05, 0.1) is 12.3 Å². The van der Waals surface area contributed by atoms with Gasteiger partial charge in [0, 0.05) is 24.3 Å². The SMILES string of the molecule is CS(=O)(=O)N[C@@H]1CCCC[C@@H]1N[C@@H]1CCN(c2ccccc2)C1=O. The highest BCUT2D eigenvalue weighted by Gasteiger charge is 2.36. The predicted molar refractivity (Wildman–Crippen MR) is 94.4 cm³/mol. The number of hydrogen-bond acceptors (Lipinski definition) is 4. The fraction of sp³-hybridized carbons (Fsp3) is 0.588. The summed E-state index contributed by atoms with van der Waals surface area (Å²) in [6.07, 6.45) is 5.71. The lowest BCUT2D eigenvalue weighted by molar-refractivity contribution is -0.119. The molecule has 1 aliphatic carbocycles. The lowest BCUT2D eigenvalue weighted by Crippen LogP contribution is -2.55. The zero-order valence-electron chi connectivity index (χ0n) is 13.9. The summed E-state index contributed by atoms with van der Waals surface area (Å²) in [5, 5.41) is 3.42. The first kappa shape index (κ1) is 17.4. The summed E-state index contributed by atoms with van der Waals surface area (Å²) < 4.78 is 25.9. The maximum Gasteiger partial charge on any atom is 0.244 e. The number of carbonyl (C=O) groups excluding carboxylic acids is 1. The summed E-state index contributed by atoms with van der Waals surface area (Å²) in [7, 11) is -3.24. The van der Waals surface area contributed by atoms with Gasteiger partial charge >= 0.3 is 0 Å². The Labute approximate surface area is 143 Å². The van der Waals surface area contributed by atoms with Gasteiger partial charge in [0.15, 0.2) is 0 Å². The van der Waals surface area contributed by atoms with Gasteiger partial charge in [0.1, 0.15) is 0 Å². The predicted octanol–water partition coefficient (Wildman–Crippen LogP) is 1.24. The van der Waals surface area contributed by atoms with Gasteiger partial charge in [-0.05, 0) is 31.4 Å². The molecule has 1 amide bonds. The molecule has 0 aromatic heterocycles. The topological polar surface area (TPSA) is 78.5 Å². The molecule has 0 unspecified atom stereocenters.